The van der Waals surface area contributed by atoms with E-state index >= 15 is 0 Å². The first-order chi connectivity index (χ1) is 13.5. The van der Waals surface area contributed by atoms with Gasteiger partial charge in [0, 0.05) is 25.7 Å². The molecule has 0 spiro atoms. The van der Waals surface area contributed by atoms with Crippen molar-refractivity contribution in [2.75, 3.05) is 39.8 Å². The number of likely N-dealkylation sites (tertiary alicyclic amines) is 1. The summed E-state index contributed by atoms with van der Waals surface area (Å²) in [4.78, 5) is 27.4. The number of carboxylic acids is 1. The standard InChI is InChI=1S/C21H33N3O4.ClH/c1-3-28-16-18-8-5-4-7-17(18)13-22-20(25)14-24-11-6-9-19(10-12-24)23(2)15-21(26)27;/h4-5,7-8,19H,3,6,9-16H2,1-2H3,(H,22,25)(H,26,27);1H. The van der Waals surface area contributed by atoms with E-state index in [1.165, 1.54) is 0 Å². The van der Waals surface area contributed by atoms with Gasteiger partial charge in [0.2, 0.25) is 5.91 Å². The molecular weight excluding hydrogens is 394 g/mol. The van der Waals surface area contributed by atoms with Gasteiger partial charge in [0.25, 0.3) is 0 Å². The minimum absolute atomic E-state index is 0. The van der Waals surface area contributed by atoms with Crippen LogP contribution >= 0.6 is 12.4 Å². The number of likely N-dealkylation sites (N-methyl/N-ethyl adjacent to an activating group) is 1. The summed E-state index contributed by atoms with van der Waals surface area (Å²) in [6.45, 7) is 5.80. The Kier molecular flexibility index (Phi) is 11.8. The van der Waals surface area contributed by atoms with Gasteiger partial charge >= 0.3 is 5.97 Å². The first-order valence-corrected chi connectivity index (χ1v) is 10.0. The number of halogens is 1. The molecule has 164 valence electrons. The Bertz CT molecular complexity index is 644. The van der Waals surface area contributed by atoms with Gasteiger partial charge in [-0.3, -0.25) is 19.4 Å². The van der Waals surface area contributed by atoms with Crippen molar-refractivity contribution in [1.82, 2.24) is 15.1 Å². The second-order valence-electron chi connectivity index (χ2n) is 7.35. The van der Waals surface area contributed by atoms with Gasteiger partial charge < -0.3 is 15.2 Å². The molecule has 1 saturated heterocycles. The van der Waals surface area contributed by atoms with Crippen LogP contribution in [0.5, 0.6) is 0 Å². The Hall–Kier alpha value is -1.67. The summed E-state index contributed by atoms with van der Waals surface area (Å²) in [5, 5.41) is 12.0. The zero-order valence-electron chi connectivity index (χ0n) is 17.4. The average Bonchev–Trinajstić information content (AvgIpc) is 2.90. The highest BCUT2D eigenvalue weighted by atomic mass is 35.5. The Morgan fingerprint density at radius 1 is 1.24 bits per heavy atom. The number of benzene rings is 1. The number of amides is 1. The number of nitrogens with zero attached hydrogens (tertiary/aromatic N) is 2. The van der Waals surface area contributed by atoms with E-state index in [1.54, 1.807) is 0 Å². The fourth-order valence-corrected chi connectivity index (χ4v) is 3.62. The van der Waals surface area contributed by atoms with Crippen molar-refractivity contribution < 1.29 is 19.4 Å². The fourth-order valence-electron chi connectivity index (χ4n) is 3.62. The highest BCUT2D eigenvalue weighted by molar-refractivity contribution is 5.85. The molecule has 1 aliphatic rings. The summed E-state index contributed by atoms with van der Waals surface area (Å²) in [5.74, 6) is -0.781. The van der Waals surface area contributed by atoms with E-state index in [2.05, 4.69) is 10.2 Å². The van der Waals surface area contributed by atoms with Crippen LogP contribution in [0.3, 0.4) is 0 Å². The first kappa shape index (κ1) is 25.4. The van der Waals surface area contributed by atoms with Crippen LogP contribution in [0.2, 0.25) is 0 Å². The van der Waals surface area contributed by atoms with Crippen LogP contribution in [0.1, 0.15) is 37.3 Å². The molecule has 0 aliphatic carbocycles. The molecule has 0 bridgehead atoms. The van der Waals surface area contributed by atoms with Crippen molar-refractivity contribution in [3.8, 4) is 0 Å². The number of hydrogen-bond acceptors (Lipinski definition) is 5. The third-order valence-corrected chi connectivity index (χ3v) is 5.22. The van der Waals surface area contributed by atoms with Crippen LogP contribution in [-0.2, 0) is 27.5 Å². The van der Waals surface area contributed by atoms with Crippen molar-refractivity contribution in [3.05, 3.63) is 35.4 Å². The molecule has 1 aliphatic heterocycles. The molecule has 1 aromatic carbocycles. The van der Waals surface area contributed by atoms with Crippen LogP contribution in [0, 0.1) is 0 Å². The molecule has 29 heavy (non-hydrogen) atoms. The lowest BCUT2D eigenvalue weighted by atomic mass is 10.1. The number of carbonyl (C=O) groups is 2. The normalized spacial score (nSPS) is 17.4. The maximum Gasteiger partial charge on any atom is 0.317 e. The maximum absolute atomic E-state index is 12.4. The number of carbonyl (C=O) groups excluding carboxylic acids is 1. The number of hydrogen-bond donors (Lipinski definition) is 2. The van der Waals surface area contributed by atoms with Crippen molar-refractivity contribution in [2.45, 2.75) is 45.4 Å². The summed E-state index contributed by atoms with van der Waals surface area (Å²) in [5.41, 5.74) is 2.18. The van der Waals surface area contributed by atoms with Gasteiger partial charge in [-0.2, -0.15) is 0 Å². The third-order valence-electron chi connectivity index (χ3n) is 5.22. The molecule has 1 unspecified atom stereocenters. The maximum atomic E-state index is 12.4. The Labute approximate surface area is 179 Å². The Balaban J connectivity index is 0.00000420. The summed E-state index contributed by atoms with van der Waals surface area (Å²) in [6, 6.07) is 8.26. The van der Waals surface area contributed by atoms with Crippen LogP contribution < -0.4 is 5.32 Å². The van der Waals surface area contributed by atoms with Crippen molar-refractivity contribution in [3.63, 3.8) is 0 Å². The number of aliphatic carboxylic acids is 1. The summed E-state index contributed by atoms with van der Waals surface area (Å²) in [6.07, 6.45) is 2.82. The molecule has 1 amide bonds. The molecule has 2 N–H and O–H groups in total. The number of carboxylic acid groups (broad SMARTS) is 1. The van der Waals surface area contributed by atoms with E-state index in [0.717, 1.165) is 43.5 Å². The minimum Gasteiger partial charge on any atom is -0.480 e. The molecule has 1 heterocycles. The van der Waals surface area contributed by atoms with Crippen molar-refractivity contribution in [2.24, 2.45) is 0 Å². The van der Waals surface area contributed by atoms with Gasteiger partial charge in [0.1, 0.15) is 0 Å². The molecule has 7 nitrogen and oxygen atoms in total. The number of rotatable bonds is 10. The third kappa shape index (κ3) is 9.12. The van der Waals surface area contributed by atoms with E-state index in [4.69, 9.17) is 9.84 Å². The Morgan fingerprint density at radius 3 is 2.66 bits per heavy atom. The molecule has 0 saturated carbocycles. The zero-order chi connectivity index (χ0) is 20.4. The zero-order valence-corrected chi connectivity index (χ0v) is 18.2. The summed E-state index contributed by atoms with van der Waals surface area (Å²) in [7, 11) is 1.86. The minimum atomic E-state index is -0.799. The lowest BCUT2D eigenvalue weighted by Gasteiger charge is -2.25. The van der Waals surface area contributed by atoms with Gasteiger partial charge in [0.15, 0.2) is 0 Å². The van der Waals surface area contributed by atoms with Crippen LogP contribution in [0.15, 0.2) is 24.3 Å². The SMILES string of the molecule is CCOCc1ccccc1CNC(=O)CN1CCCC(N(C)CC(=O)O)CC1.Cl. The van der Waals surface area contributed by atoms with Gasteiger partial charge in [-0.05, 0) is 50.9 Å². The van der Waals surface area contributed by atoms with Crippen molar-refractivity contribution in [1.29, 1.82) is 0 Å². The van der Waals surface area contributed by atoms with E-state index in [9.17, 15) is 9.59 Å². The quantitative estimate of drug-likeness (QED) is 0.595. The molecule has 2 rings (SSSR count). The smallest absolute Gasteiger partial charge is 0.317 e. The number of ether oxygens (including phenoxy) is 1. The van der Waals surface area contributed by atoms with Gasteiger partial charge in [-0.1, -0.05) is 24.3 Å². The first-order valence-electron chi connectivity index (χ1n) is 10.0. The Morgan fingerprint density at radius 2 is 1.97 bits per heavy atom. The van der Waals surface area contributed by atoms with Crippen LogP contribution in [-0.4, -0.2) is 72.7 Å². The largest absolute Gasteiger partial charge is 0.480 e. The number of nitrogens with one attached hydrogen (secondary N) is 1. The predicted octanol–water partition coefficient (Wildman–Crippen LogP) is 2.13. The highest BCUT2D eigenvalue weighted by Crippen LogP contribution is 2.15. The highest BCUT2D eigenvalue weighted by Gasteiger charge is 2.22. The fraction of sp³-hybridized carbons (Fsp3) is 0.619. The van der Waals surface area contributed by atoms with Gasteiger partial charge in [-0.25, -0.2) is 0 Å². The van der Waals surface area contributed by atoms with E-state index in [-0.39, 0.29) is 30.9 Å². The van der Waals surface area contributed by atoms with E-state index in [1.807, 2.05) is 43.1 Å². The van der Waals surface area contributed by atoms with Crippen LogP contribution in [0.25, 0.3) is 0 Å². The van der Waals surface area contributed by atoms with E-state index in [0.29, 0.717) is 26.3 Å². The lowest BCUT2D eigenvalue weighted by molar-refractivity contribution is -0.138. The average molecular weight is 428 g/mol. The molecule has 1 atom stereocenters. The summed E-state index contributed by atoms with van der Waals surface area (Å²) < 4.78 is 5.49. The lowest BCUT2D eigenvalue weighted by Crippen LogP contribution is -2.39. The second kappa shape index (κ2) is 13.5. The molecule has 1 fully saturated rings. The van der Waals surface area contributed by atoms with Crippen LogP contribution in [0.4, 0.5) is 0 Å². The van der Waals surface area contributed by atoms with Gasteiger partial charge in [0.05, 0.1) is 19.7 Å². The van der Waals surface area contributed by atoms with Gasteiger partial charge in [-0.15, -0.1) is 12.4 Å². The molecular formula is C21H34ClN3O4. The molecule has 0 aromatic heterocycles. The molecule has 1 aromatic rings. The van der Waals surface area contributed by atoms with Crippen molar-refractivity contribution >= 4 is 24.3 Å². The monoisotopic (exact) mass is 427 g/mol. The topological polar surface area (TPSA) is 82.1 Å². The summed E-state index contributed by atoms with van der Waals surface area (Å²) >= 11 is 0. The molecule has 8 heteroatoms. The molecule has 0 radical (unpaired) electrons. The predicted molar refractivity (Wildman–Crippen MR) is 115 cm³/mol. The second-order valence-corrected chi connectivity index (χ2v) is 7.35. The van der Waals surface area contributed by atoms with E-state index < -0.39 is 5.97 Å².